The zero-order chi connectivity index (χ0) is 16.2. The molecule has 0 radical (unpaired) electrons. The zero-order valence-electron chi connectivity index (χ0n) is 13.0. The maximum atomic E-state index is 12.3. The van der Waals surface area contributed by atoms with Crippen LogP contribution in [0.3, 0.4) is 0 Å². The van der Waals surface area contributed by atoms with Gasteiger partial charge in [-0.3, -0.25) is 0 Å². The Balaban J connectivity index is 2.71. The van der Waals surface area contributed by atoms with Crippen LogP contribution in [0.15, 0.2) is 21.5 Å². The molecule has 3 N–H and O–H groups in total. The molecule has 0 fully saturated rings. The highest BCUT2D eigenvalue weighted by molar-refractivity contribution is 9.10. The molecule has 0 atom stereocenters. The normalized spacial score (nSPS) is 12.3. The molecule has 0 heterocycles. The molecule has 21 heavy (non-hydrogen) atoms. The lowest BCUT2D eigenvalue weighted by Gasteiger charge is -2.20. The van der Waals surface area contributed by atoms with E-state index in [9.17, 15) is 8.42 Å². The molecule has 0 aliphatic carbocycles. The van der Waals surface area contributed by atoms with Crippen molar-refractivity contribution >= 4 is 31.6 Å². The van der Waals surface area contributed by atoms with Crippen molar-refractivity contribution < 1.29 is 8.42 Å². The Morgan fingerprint density at radius 1 is 1.38 bits per heavy atom. The Bertz CT molecular complexity index is 588. The highest BCUT2D eigenvalue weighted by Crippen LogP contribution is 2.26. The number of benzene rings is 1. The summed E-state index contributed by atoms with van der Waals surface area (Å²) in [6.45, 7) is 7.18. The van der Waals surface area contributed by atoms with Gasteiger partial charge in [-0.25, -0.2) is 13.1 Å². The molecular weight excluding hydrogens is 354 g/mol. The molecule has 0 aliphatic heterocycles. The van der Waals surface area contributed by atoms with Gasteiger partial charge in [0.1, 0.15) is 0 Å². The maximum Gasteiger partial charge on any atom is 0.240 e. The van der Waals surface area contributed by atoms with Gasteiger partial charge in [-0.2, -0.15) is 0 Å². The first kappa shape index (κ1) is 18.4. The lowest BCUT2D eigenvalue weighted by Crippen LogP contribution is -2.31. The van der Waals surface area contributed by atoms with E-state index in [4.69, 9.17) is 5.73 Å². The smallest absolute Gasteiger partial charge is 0.240 e. The largest absolute Gasteiger partial charge is 0.398 e. The van der Waals surface area contributed by atoms with E-state index in [1.165, 1.54) is 0 Å². The SMILES string of the molecule is Cc1c(N)cc(Br)cc1S(=O)(=O)NCCCN(C)C(C)C. The van der Waals surface area contributed by atoms with E-state index < -0.39 is 10.0 Å². The molecule has 5 nitrogen and oxygen atoms in total. The summed E-state index contributed by atoms with van der Waals surface area (Å²) in [6, 6.07) is 3.73. The fraction of sp³-hybridized carbons (Fsp3) is 0.571. The molecule has 0 unspecified atom stereocenters. The summed E-state index contributed by atoms with van der Waals surface area (Å²) >= 11 is 3.28. The molecule has 1 aromatic rings. The van der Waals surface area contributed by atoms with Crippen molar-refractivity contribution in [3.8, 4) is 0 Å². The molecule has 0 aliphatic rings. The van der Waals surface area contributed by atoms with Crippen LogP contribution < -0.4 is 10.5 Å². The third-order valence-electron chi connectivity index (χ3n) is 3.52. The number of nitrogens with two attached hydrogens (primary N) is 1. The number of sulfonamides is 1. The van der Waals surface area contributed by atoms with Crippen molar-refractivity contribution in [1.29, 1.82) is 0 Å². The second-order valence-corrected chi connectivity index (χ2v) is 8.09. The van der Waals surface area contributed by atoms with Crippen LogP contribution in [0.25, 0.3) is 0 Å². The lowest BCUT2D eigenvalue weighted by atomic mass is 10.2. The van der Waals surface area contributed by atoms with Crippen molar-refractivity contribution in [2.45, 2.75) is 38.1 Å². The first-order valence-electron chi connectivity index (χ1n) is 6.90. The Hall–Kier alpha value is -0.630. The molecule has 0 spiro atoms. The minimum absolute atomic E-state index is 0.228. The predicted octanol–water partition coefficient (Wildman–Crippen LogP) is 2.35. The Morgan fingerprint density at radius 3 is 2.57 bits per heavy atom. The van der Waals surface area contributed by atoms with Crippen LogP contribution >= 0.6 is 15.9 Å². The van der Waals surface area contributed by atoms with E-state index in [0.29, 0.717) is 28.3 Å². The molecule has 0 bridgehead atoms. The standard InChI is InChI=1S/C14H24BrN3O2S/c1-10(2)18(4)7-5-6-17-21(19,20)14-9-12(15)8-13(16)11(14)3/h8-10,17H,5-7,16H2,1-4H3. The predicted molar refractivity (Wildman–Crippen MR) is 90.9 cm³/mol. The summed E-state index contributed by atoms with van der Waals surface area (Å²) in [5, 5.41) is 0. The number of hydrogen-bond acceptors (Lipinski definition) is 4. The number of rotatable bonds is 7. The van der Waals surface area contributed by atoms with Crippen LogP contribution in [0.1, 0.15) is 25.8 Å². The number of nitrogens with one attached hydrogen (secondary N) is 1. The van der Waals surface area contributed by atoms with E-state index in [1.807, 2.05) is 7.05 Å². The van der Waals surface area contributed by atoms with E-state index in [-0.39, 0.29) is 4.90 Å². The Labute approximate surface area is 136 Å². The fourth-order valence-electron chi connectivity index (χ4n) is 1.82. The van der Waals surface area contributed by atoms with Crippen LogP contribution in [-0.2, 0) is 10.0 Å². The number of anilines is 1. The van der Waals surface area contributed by atoms with Gasteiger partial charge in [-0.15, -0.1) is 0 Å². The maximum absolute atomic E-state index is 12.3. The van der Waals surface area contributed by atoms with Gasteiger partial charge in [-0.05, 0) is 58.5 Å². The van der Waals surface area contributed by atoms with Crippen molar-refractivity contribution in [2.24, 2.45) is 0 Å². The van der Waals surface area contributed by atoms with Gasteiger partial charge in [0.05, 0.1) is 4.90 Å². The second kappa shape index (κ2) is 7.58. The minimum atomic E-state index is -3.53. The molecular formula is C14H24BrN3O2S. The average Bonchev–Trinajstić information content (AvgIpc) is 2.38. The van der Waals surface area contributed by atoms with Gasteiger partial charge in [0.2, 0.25) is 10.0 Å². The number of nitrogen functional groups attached to an aromatic ring is 1. The van der Waals surface area contributed by atoms with Crippen LogP contribution in [0.5, 0.6) is 0 Å². The van der Waals surface area contributed by atoms with E-state index in [0.717, 1.165) is 13.0 Å². The van der Waals surface area contributed by atoms with E-state index in [1.54, 1.807) is 19.1 Å². The molecule has 0 amide bonds. The first-order valence-corrected chi connectivity index (χ1v) is 9.18. The summed E-state index contributed by atoms with van der Waals surface area (Å²) in [5.41, 5.74) is 6.85. The van der Waals surface area contributed by atoms with E-state index >= 15 is 0 Å². The topological polar surface area (TPSA) is 75.4 Å². The van der Waals surface area contributed by atoms with Gasteiger partial charge in [0.25, 0.3) is 0 Å². The van der Waals surface area contributed by atoms with Crippen LogP contribution in [0, 0.1) is 6.92 Å². The van der Waals surface area contributed by atoms with Gasteiger partial charge < -0.3 is 10.6 Å². The van der Waals surface area contributed by atoms with Gasteiger partial charge in [0.15, 0.2) is 0 Å². The van der Waals surface area contributed by atoms with Crippen LogP contribution in [0.4, 0.5) is 5.69 Å². The quantitative estimate of drug-likeness (QED) is 0.564. The fourth-order valence-corrected chi connectivity index (χ4v) is 3.82. The van der Waals surface area contributed by atoms with Crippen LogP contribution in [-0.4, -0.2) is 39.5 Å². The summed E-state index contributed by atoms with van der Waals surface area (Å²) in [4.78, 5) is 2.41. The van der Waals surface area contributed by atoms with Crippen molar-refractivity contribution in [3.63, 3.8) is 0 Å². The molecule has 0 saturated carbocycles. The van der Waals surface area contributed by atoms with Crippen LogP contribution in [0.2, 0.25) is 0 Å². The second-order valence-electron chi connectivity index (χ2n) is 5.44. The Morgan fingerprint density at radius 2 is 2.00 bits per heavy atom. The van der Waals surface area contributed by atoms with Gasteiger partial charge in [0, 0.05) is 22.7 Å². The first-order chi connectivity index (χ1) is 9.65. The summed E-state index contributed by atoms with van der Waals surface area (Å²) in [6.07, 6.45) is 0.760. The molecule has 7 heteroatoms. The molecule has 0 saturated heterocycles. The monoisotopic (exact) mass is 377 g/mol. The number of halogens is 1. The average molecular weight is 378 g/mol. The molecule has 1 aromatic carbocycles. The van der Waals surface area contributed by atoms with Crippen molar-refractivity contribution in [1.82, 2.24) is 9.62 Å². The van der Waals surface area contributed by atoms with Crippen molar-refractivity contribution in [2.75, 3.05) is 25.9 Å². The lowest BCUT2D eigenvalue weighted by molar-refractivity contribution is 0.271. The van der Waals surface area contributed by atoms with E-state index in [2.05, 4.69) is 39.4 Å². The third-order valence-corrected chi connectivity index (χ3v) is 5.56. The number of nitrogens with zero attached hydrogens (tertiary/aromatic N) is 1. The van der Waals surface area contributed by atoms with Gasteiger partial charge >= 0.3 is 0 Å². The minimum Gasteiger partial charge on any atom is -0.398 e. The molecule has 0 aromatic heterocycles. The number of hydrogen-bond donors (Lipinski definition) is 2. The highest BCUT2D eigenvalue weighted by atomic mass is 79.9. The molecule has 1 rings (SSSR count). The summed E-state index contributed by atoms with van der Waals surface area (Å²) in [5.74, 6) is 0. The van der Waals surface area contributed by atoms with Crippen molar-refractivity contribution in [3.05, 3.63) is 22.2 Å². The van der Waals surface area contributed by atoms with Gasteiger partial charge in [-0.1, -0.05) is 15.9 Å². The molecule has 120 valence electrons. The Kier molecular flexibility index (Phi) is 6.65. The highest BCUT2D eigenvalue weighted by Gasteiger charge is 2.18. The summed E-state index contributed by atoms with van der Waals surface area (Å²) < 4.78 is 28.0. The third kappa shape index (κ3) is 5.25. The summed E-state index contributed by atoms with van der Waals surface area (Å²) in [7, 11) is -1.51. The zero-order valence-corrected chi connectivity index (χ0v) is 15.4.